The number of hydrogen-bond acceptors (Lipinski definition) is 5. The average Bonchev–Trinajstić information content (AvgIpc) is 2.92. The highest BCUT2D eigenvalue weighted by atomic mass is 16.6. The first kappa shape index (κ1) is 36.9. The third-order valence-corrected chi connectivity index (χ3v) is 7.69. The van der Waals surface area contributed by atoms with Gasteiger partial charge in [0.25, 0.3) is 0 Å². The van der Waals surface area contributed by atoms with Crippen LogP contribution in [0, 0.1) is 5.92 Å². The number of ether oxygens (including phenoxy) is 2. The van der Waals surface area contributed by atoms with Gasteiger partial charge in [-0.05, 0) is 18.8 Å². The highest BCUT2D eigenvalue weighted by Gasteiger charge is 2.16. The van der Waals surface area contributed by atoms with E-state index in [1.165, 1.54) is 109 Å². The molecular formula is C33H64O5. The summed E-state index contributed by atoms with van der Waals surface area (Å²) in [5, 5.41) is 9.48. The van der Waals surface area contributed by atoms with E-state index in [9.17, 15) is 14.7 Å². The van der Waals surface area contributed by atoms with Crippen molar-refractivity contribution in [3.05, 3.63) is 0 Å². The van der Waals surface area contributed by atoms with Crippen LogP contribution >= 0.6 is 0 Å². The molecule has 0 aliphatic rings. The van der Waals surface area contributed by atoms with E-state index in [1.807, 2.05) is 0 Å². The molecule has 2 atom stereocenters. The van der Waals surface area contributed by atoms with Crippen LogP contribution in [0.15, 0.2) is 0 Å². The molecule has 0 aliphatic carbocycles. The molecule has 226 valence electrons. The molecule has 5 heteroatoms. The molecule has 1 N–H and O–H groups in total. The molecule has 0 aliphatic heterocycles. The Balaban J connectivity index is 3.56. The quantitative estimate of drug-likeness (QED) is 0.0755. The van der Waals surface area contributed by atoms with Crippen LogP contribution < -0.4 is 0 Å². The molecule has 38 heavy (non-hydrogen) atoms. The molecule has 5 nitrogen and oxygen atoms in total. The molecule has 0 saturated heterocycles. The highest BCUT2D eigenvalue weighted by molar-refractivity contribution is 5.70. The fraction of sp³-hybridized carbons (Fsp3) is 0.939. The van der Waals surface area contributed by atoms with Gasteiger partial charge in [-0.1, -0.05) is 149 Å². The Morgan fingerprint density at radius 2 is 1.03 bits per heavy atom. The van der Waals surface area contributed by atoms with Crippen molar-refractivity contribution in [1.82, 2.24) is 0 Å². The first-order chi connectivity index (χ1) is 18.5. The van der Waals surface area contributed by atoms with Crippen molar-refractivity contribution in [3.8, 4) is 0 Å². The van der Waals surface area contributed by atoms with Crippen LogP contribution in [-0.2, 0) is 19.1 Å². The normalized spacial score (nSPS) is 12.8. The third-order valence-electron chi connectivity index (χ3n) is 7.69. The van der Waals surface area contributed by atoms with Crippen molar-refractivity contribution >= 4 is 11.9 Å². The lowest BCUT2D eigenvalue weighted by molar-refractivity contribution is -0.161. The summed E-state index contributed by atoms with van der Waals surface area (Å²) in [6.07, 6.45) is 27.3. The van der Waals surface area contributed by atoms with E-state index in [0.29, 0.717) is 12.8 Å². The van der Waals surface area contributed by atoms with Crippen LogP contribution in [0.4, 0.5) is 0 Å². The number of unbranched alkanes of at least 4 members (excludes halogenated alkanes) is 18. The smallest absolute Gasteiger partial charge is 0.306 e. The van der Waals surface area contributed by atoms with Gasteiger partial charge in [-0.3, -0.25) is 9.59 Å². The zero-order chi connectivity index (χ0) is 28.1. The van der Waals surface area contributed by atoms with Gasteiger partial charge in [0.05, 0.1) is 6.61 Å². The minimum absolute atomic E-state index is 0.0597. The third kappa shape index (κ3) is 26.5. The molecule has 1 unspecified atom stereocenters. The van der Waals surface area contributed by atoms with Gasteiger partial charge in [0.15, 0.2) is 6.10 Å². The molecule has 0 aromatic carbocycles. The maximum Gasteiger partial charge on any atom is 0.306 e. The second-order valence-corrected chi connectivity index (χ2v) is 11.5. The summed E-state index contributed by atoms with van der Waals surface area (Å²) in [5.41, 5.74) is 0. The van der Waals surface area contributed by atoms with Crippen molar-refractivity contribution in [3.63, 3.8) is 0 Å². The molecule has 0 aromatic heterocycles. The van der Waals surface area contributed by atoms with Crippen LogP contribution in [0.25, 0.3) is 0 Å². The topological polar surface area (TPSA) is 72.8 Å². The first-order valence-electron chi connectivity index (χ1n) is 16.5. The summed E-state index contributed by atoms with van der Waals surface area (Å²) in [6.45, 7) is 6.44. The standard InChI is InChI=1S/C33H64O5/c1-4-6-7-8-9-10-11-12-13-14-15-16-20-23-26-32(35)37-29-31(28-34)38-33(36)27-24-21-18-17-19-22-25-30(3)5-2/h30-31,34H,4-29H2,1-3H3/t30?,31-/m0/s1. The van der Waals surface area contributed by atoms with E-state index < -0.39 is 6.10 Å². The Kier molecular flexibility index (Phi) is 28.1. The number of rotatable bonds is 29. The van der Waals surface area contributed by atoms with E-state index >= 15 is 0 Å². The molecule has 0 spiro atoms. The van der Waals surface area contributed by atoms with E-state index in [0.717, 1.165) is 38.0 Å². The summed E-state index contributed by atoms with van der Waals surface area (Å²) in [5.74, 6) is 0.239. The van der Waals surface area contributed by atoms with Crippen LogP contribution in [0.2, 0.25) is 0 Å². The van der Waals surface area contributed by atoms with Gasteiger partial charge in [0, 0.05) is 12.8 Å². The van der Waals surface area contributed by atoms with E-state index in [-0.39, 0.29) is 25.2 Å². The van der Waals surface area contributed by atoms with Crippen molar-refractivity contribution in [2.45, 2.75) is 181 Å². The lowest BCUT2D eigenvalue weighted by Gasteiger charge is -2.15. The van der Waals surface area contributed by atoms with E-state index in [4.69, 9.17) is 9.47 Å². The largest absolute Gasteiger partial charge is 0.462 e. The number of esters is 2. The molecule has 0 rings (SSSR count). The fourth-order valence-corrected chi connectivity index (χ4v) is 4.76. The molecule has 0 fully saturated rings. The van der Waals surface area contributed by atoms with Gasteiger partial charge in [0.1, 0.15) is 6.61 Å². The van der Waals surface area contributed by atoms with Gasteiger partial charge in [-0.15, -0.1) is 0 Å². The zero-order valence-corrected chi connectivity index (χ0v) is 25.6. The number of carbonyl (C=O) groups is 2. The Labute approximate surface area is 236 Å². The van der Waals surface area contributed by atoms with Crippen LogP contribution in [0.5, 0.6) is 0 Å². The number of carbonyl (C=O) groups excluding carboxylic acids is 2. The summed E-state index contributed by atoms with van der Waals surface area (Å²) in [4.78, 5) is 24.0. The predicted molar refractivity (Wildman–Crippen MR) is 159 cm³/mol. The molecular weight excluding hydrogens is 476 g/mol. The zero-order valence-electron chi connectivity index (χ0n) is 25.6. The lowest BCUT2D eigenvalue weighted by atomic mass is 10.00. The van der Waals surface area contributed by atoms with Crippen LogP contribution in [0.1, 0.15) is 175 Å². The number of hydrogen-bond donors (Lipinski definition) is 1. The first-order valence-corrected chi connectivity index (χ1v) is 16.5. The SMILES string of the molecule is CCCCCCCCCCCCCCCCC(=O)OC[C@H](CO)OC(=O)CCCCCCCCC(C)CC. The Morgan fingerprint density at radius 1 is 0.605 bits per heavy atom. The van der Waals surface area contributed by atoms with Gasteiger partial charge in [-0.2, -0.15) is 0 Å². The van der Waals surface area contributed by atoms with Crippen LogP contribution in [-0.4, -0.2) is 36.4 Å². The molecule has 0 bridgehead atoms. The lowest BCUT2D eigenvalue weighted by Crippen LogP contribution is -2.28. The Bertz CT molecular complexity index is 522. The second-order valence-electron chi connectivity index (χ2n) is 11.5. The average molecular weight is 541 g/mol. The Morgan fingerprint density at radius 3 is 1.47 bits per heavy atom. The van der Waals surface area contributed by atoms with Crippen molar-refractivity contribution in [2.24, 2.45) is 5.92 Å². The number of aliphatic hydroxyl groups is 1. The highest BCUT2D eigenvalue weighted by Crippen LogP contribution is 2.15. The maximum atomic E-state index is 12.0. The summed E-state index contributed by atoms with van der Waals surface area (Å²) in [6, 6.07) is 0. The minimum Gasteiger partial charge on any atom is -0.462 e. The minimum atomic E-state index is -0.761. The second kappa shape index (κ2) is 28.9. The monoisotopic (exact) mass is 540 g/mol. The molecule has 0 heterocycles. The van der Waals surface area contributed by atoms with E-state index in [2.05, 4.69) is 20.8 Å². The fourth-order valence-electron chi connectivity index (χ4n) is 4.76. The van der Waals surface area contributed by atoms with Gasteiger partial charge in [-0.25, -0.2) is 0 Å². The number of aliphatic hydroxyl groups excluding tert-OH is 1. The van der Waals surface area contributed by atoms with E-state index in [1.54, 1.807) is 0 Å². The van der Waals surface area contributed by atoms with Crippen molar-refractivity contribution < 1.29 is 24.2 Å². The van der Waals surface area contributed by atoms with Gasteiger partial charge >= 0.3 is 11.9 Å². The summed E-state index contributed by atoms with van der Waals surface area (Å²) < 4.78 is 10.5. The Hall–Kier alpha value is -1.10. The van der Waals surface area contributed by atoms with Crippen LogP contribution in [0.3, 0.4) is 0 Å². The van der Waals surface area contributed by atoms with Crippen molar-refractivity contribution in [1.29, 1.82) is 0 Å². The molecule has 0 saturated carbocycles. The predicted octanol–water partition coefficient (Wildman–Crippen LogP) is 9.47. The molecule has 0 radical (unpaired) electrons. The molecule has 0 aromatic rings. The van der Waals surface area contributed by atoms with Gasteiger partial charge in [0.2, 0.25) is 0 Å². The summed E-state index contributed by atoms with van der Waals surface area (Å²) >= 11 is 0. The maximum absolute atomic E-state index is 12.0. The summed E-state index contributed by atoms with van der Waals surface area (Å²) in [7, 11) is 0. The van der Waals surface area contributed by atoms with Crippen molar-refractivity contribution in [2.75, 3.05) is 13.2 Å². The van der Waals surface area contributed by atoms with Gasteiger partial charge < -0.3 is 14.6 Å². The molecule has 0 amide bonds.